The maximum absolute atomic E-state index is 13.6. The summed E-state index contributed by atoms with van der Waals surface area (Å²) in [5.41, 5.74) is -2.37. The van der Waals surface area contributed by atoms with Crippen LogP contribution < -0.4 is 4.72 Å². The van der Waals surface area contributed by atoms with E-state index in [2.05, 4.69) is 0 Å². The zero-order valence-electron chi connectivity index (χ0n) is 12.6. The molecular formula is C11H7F9N2O4S. The molecular weight excluding hydrogens is 427 g/mol. The van der Waals surface area contributed by atoms with Gasteiger partial charge in [-0.3, -0.25) is 14.8 Å². The summed E-state index contributed by atoms with van der Waals surface area (Å²) >= 11 is 0. The van der Waals surface area contributed by atoms with Crippen LogP contribution in [0.2, 0.25) is 0 Å². The average Bonchev–Trinajstić information content (AvgIpc) is 2.47. The van der Waals surface area contributed by atoms with Gasteiger partial charge in [0.25, 0.3) is 5.69 Å². The maximum Gasteiger partial charge on any atom is 0.460 e. The van der Waals surface area contributed by atoms with Gasteiger partial charge in [0.1, 0.15) is 0 Å². The van der Waals surface area contributed by atoms with Gasteiger partial charge in [0, 0.05) is 12.1 Å². The minimum atomic E-state index is -7.41. The number of benzene rings is 1. The van der Waals surface area contributed by atoms with Crippen molar-refractivity contribution >= 4 is 21.4 Å². The third kappa shape index (κ3) is 3.61. The van der Waals surface area contributed by atoms with E-state index in [1.165, 1.54) is 0 Å². The molecule has 1 rings (SSSR count). The first-order valence-electron chi connectivity index (χ1n) is 6.27. The first kappa shape index (κ1) is 22.8. The number of nitrogens with one attached hydrogen (secondary N) is 1. The molecule has 0 saturated heterocycles. The molecule has 0 fully saturated rings. The Morgan fingerprint density at radius 3 is 1.85 bits per heavy atom. The number of aryl methyl sites for hydroxylation is 1. The Bertz CT molecular complexity index is 852. The number of non-ortho nitro benzene ring substituents is 1. The lowest BCUT2D eigenvalue weighted by molar-refractivity contribution is -0.384. The van der Waals surface area contributed by atoms with Crippen LogP contribution in [-0.4, -0.2) is 36.6 Å². The van der Waals surface area contributed by atoms with Gasteiger partial charge < -0.3 is 0 Å². The van der Waals surface area contributed by atoms with Crippen molar-refractivity contribution in [3.8, 4) is 0 Å². The molecule has 0 aliphatic rings. The zero-order chi connectivity index (χ0) is 21.6. The SMILES string of the molecule is Cc1ccc([N+](=O)[O-])cc1NS(=O)(=O)C(F)(F)C(F)(F)C(F)(F)C(F)(F)F. The molecule has 1 N–H and O–H groups in total. The quantitative estimate of drug-likeness (QED) is 0.415. The van der Waals surface area contributed by atoms with Crippen LogP contribution in [0, 0.1) is 17.0 Å². The minimum absolute atomic E-state index is 0.281. The maximum atomic E-state index is 13.6. The summed E-state index contributed by atoms with van der Waals surface area (Å²) in [5, 5.41) is 3.62. The van der Waals surface area contributed by atoms with Crippen molar-refractivity contribution in [3.05, 3.63) is 33.9 Å². The molecule has 0 aromatic heterocycles. The molecule has 6 nitrogen and oxygen atoms in total. The molecule has 0 heterocycles. The van der Waals surface area contributed by atoms with E-state index in [1.54, 1.807) is 0 Å². The van der Waals surface area contributed by atoms with Crippen LogP contribution in [0.1, 0.15) is 5.56 Å². The number of rotatable bonds is 6. The number of sulfonamides is 1. The highest BCUT2D eigenvalue weighted by molar-refractivity contribution is 7.93. The molecule has 16 heteroatoms. The monoisotopic (exact) mass is 434 g/mol. The summed E-state index contributed by atoms with van der Waals surface area (Å²) in [6.45, 7) is 0.960. The van der Waals surface area contributed by atoms with Crippen molar-refractivity contribution in [2.24, 2.45) is 0 Å². The van der Waals surface area contributed by atoms with Crippen LogP contribution in [-0.2, 0) is 10.0 Å². The van der Waals surface area contributed by atoms with Crippen molar-refractivity contribution in [1.82, 2.24) is 0 Å². The van der Waals surface area contributed by atoms with Crippen LogP contribution in [0.3, 0.4) is 0 Å². The van der Waals surface area contributed by atoms with Gasteiger partial charge >= 0.3 is 33.3 Å². The van der Waals surface area contributed by atoms with E-state index in [0.717, 1.165) is 19.1 Å². The van der Waals surface area contributed by atoms with Crippen LogP contribution in [0.4, 0.5) is 50.9 Å². The normalized spacial score (nSPS) is 14.1. The van der Waals surface area contributed by atoms with Gasteiger partial charge in [-0.1, -0.05) is 6.07 Å². The number of halogens is 9. The van der Waals surface area contributed by atoms with E-state index in [4.69, 9.17) is 0 Å². The van der Waals surface area contributed by atoms with Gasteiger partial charge in [0.05, 0.1) is 10.6 Å². The Kier molecular flexibility index (Phi) is 5.41. The second kappa shape index (κ2) is 6.42. The summed E-state index contributed by atoms with van der Waals surface area (Å²) in [4.78, 5) is 9.43. The number of nitrogens with zero attached hydrogens (tertiary/aromatic N) is 1. The van der Waals surface area contributed by atoms with E-state index >= 15 is 0 Å². The summed E-state index contributed by atoms with van der Waals surface area (Å²) in [6.07, 6.45) is -7.20. The smallest absolute Gasteiger partial charge is 0.278 e. The summed E-state index contributed by atoms with van der Waals surface area (Å²) in [6, 6.07) is 1.83. The van der Waals surface area contributed by atoms with Gasteiger partial charge in [0.15, 0.2) is 0 Å². The first-order valence-corrected chi connectivity index (χ1v) is 7.75. The predicted octanol–water partition coefficient (Wildman–Crippen LogP) is 4.07. The van der Waals surface area contributed by atoms with Gasteiger partial charge in [-0.15, -0.1) is 0 Å². The fourth-order valence-electron chi connectivity index (χ4n) is 1.57. The number of nitro benzene ring substituents is 1. The number of alkyl halides is 9. The van der Waals surface area contributed by atoms with Gasteiger partial charge in [0.2, 0.25) is 0 Å². The third-order valence-electron chi connectivity index (χ3n) is 3.13. The minimum Gasteiger partial charge on any atom is -0.278 e. The van der Waals surface area contributed by atoms with Crippen LogP contribution in [0.15, 0.2) is 18.2 Å². The van der Waals surface area contributed by atoms with Crippen LogP contribution in [0.25, 0.3) is 0 Å². The fraction of sp³-hybridized carbons (Fsp3) is 0.455. The predicted molar refractivity (Wildman–Crippen MR) is 71.3 cm³/mol. The Morgan fingerprint density at radius 1 is 0.963 bits per heavy atom. The molecule has 1 aromatic rings. The first-order chi connectivity index (χ1) is 11.8. The Morgan fingerprint density at radius 2 is 1.44 bits per heavy atom. The van der Waals surface area contributed by atoms with Gasteiger partial charge in [-0.2, -0.15) is 47.9 Å². The lowest BCUT2D eigenvalue weighted by Gasteiger charge is -2.33. The van der Waals surface area contributed by atoms with Crippen molar-refractivity contribution in [1.29, 1.82) is 0 Å². The topological polar surface area (TPSA) is 89.3 Å². The largest absolute Gasteiger partial charge is 0.460 e. The third-order valence-corrected chi connectivity index (χ3v) is 4.55. The molecule has 0 spiro atoms. The number of nitro groups is 1. The summed E-state index contributed by atoms with van der Waals surface area (Å²) < 4.78 is 139. The highest BCUT2D eigenvalue weighted by Crippen LogP contribution is 2.54. The molecule has 0 bridgehead atoms. The Labute approximate surface area is 144 Å². The fourth-order valence-corrected chi connectivity index (χ4v) is 2.68. The van der Waals surface area contributed by atoms with Gasteiger partial charge in [-0.25, -0.2) is 0 Å². The molecule has 0 radical (unpaired) electrons. The van der Waals surface area contributed by atoms with Crippen molar-refractivity contribution in [3.63, 3.8) is 0 Å². The molecule has 1 aromatic carbocycles. The molecule has 0 atom stereocenters. The number of anilines is 1. The van der Waals surface area contributed by atoms with Crippen molar-refractivity contribution in [2.45, 2.75) is 30.2 Å². The lowest BCUT2D eigenvalue weighted by atomic mass is 10.1. The lowest BCUT2D eigenvalue weighted by Crippen LogP contribution is -2.64. The standard InChI is InChI=1S/C11H7F9N2O4S/c1-5-2-3-6(22(23)24)4-7(5)21-27(25,26)11(19,20)9(14,15)8(12,13)10(16,17)18/h2-4,21H,1H3. The molecule has 154 valence electrons. The second-order valence-electron chi connectivity index (χ2n) is 5.03. The average molecular weight is 434 g/mol. The Balaban J connectivity index is 3.46. The van der Waals surface area contributed by atoms with Crippen molar-refractivity contribution in [2.75, 3.05) is 4.72 Å². The highest BCUT2D eigenvalue weighted by Gasteiger charge is 2.85. The molecule has 0 saturated carbocycles. The molecule has 0 amide bonds. The number of hydrogen-bond acceptors (Lipinski definition) is 4. The van der Waals surface area contributed by atoms with E-state index in [0.29, 0.717) is 4.72 Å². The molecule has 0 unspecified atom stereocenters. The molecule has 0 aliphatic carbocycles. The van der Waals surface area contributed by atoms with Crippen molar-refractivity contribution < 1.29 is 52.9 Å². The van der Waals surface area contributed by atoms with Crippen LogP contribution >= 0.6 is 0 Å². The molecule has 0 aliphatic heterocycles. The van der Waals surface area contributed by atoms with E-state index in [-0.39, 0.29) is 11.6 Å². The zero-order valence-corrected chi connectivity index (χ0v) is 13.4. The van der Waals surface area contributed by atoms with Crippen LogP contribution in [0.5, 0.6) is 0 Å². The second-order valence-corrected chi connectivity index (χ2v) is 6.75. The number of hydrogen-bond donors (Lipinski definition) is 1. The Hall–Kier alpha value is -2.26. The van der Waals surface area contributed by atoms with Gasteiger partial charge in [-0.05, 0) is 12.5 Å². The van der Waals surface area contributed by atoms with E-state index < -0.39 is 49.6 Å². The highest BCUT2D eigenvalue weighted by atomic mass is 32.2. The summed E-state index contributed by atoms with van der Waals surface area (Å²) in [5.74, 6) is -14.8. The van der Waals surface area contributed by atoms with E-state index in [1.807, 2.05) is 0 Å². The van der Waals surface area contributed by atoms with E-state index in [9.17, 15) is 58.0 Å². The summed E-state index contributed by atoms with van der Waals surface area (Å²) in [7, 11) is -6.91. The molecule has 27 heavy (non-hydrogen) atoms.